The van der Waals surface area contributed by atoms with Crippen LogP contribution in [-0.4, -0.2) is 45.8 Å². The number of benzene rings is 2. The van der Waals surface area contributed by atoms with E-state index in [2.05, 4.69) is 87.5 Å². The van der Waals surface area contributed by atoms with Gasteiger partial charge in [-0.1, -0.05) is 48.5 Å². The van der Waals surface area contributed by atoms with Gasteiger partial charge in [-0.05, 0) is 24.6 Å². The van der Waals surface area contributed by atoms with Crippen LogP contribution in [0.3, 0.4) is 0 Å². The van der Waals surface area contributed by atoms with Crippen molar-refractivity contribution in [1.82, 2.24) is 19.6 Å². The Balaban J connectivity index is 1.49. The SMILES string of the molecule is Cc1nc2ncnn2c(N2CCN(c3ccccc3)CC2)c1Cc1ccccc1. The van der Waals surface area contributed by atoms with Gasteiger partial charge in [-0.3, -0.25) is 0 Å². The van der Waals surface area contributed by atoms with Crippen molar-refractivity contribution in [3.8, 4) is 0 Å². The van der Waals surface area contributed by atoms with Crippen LogP contribution in [-0.2, 0) is 6.42 Å². The van der Waals surface area contributed by atoms with E-state index in [1.165, 1.54) is 16.8 Å². The fraction of sp³-hybridized carbons (Fsp3) is 0.261. The number of hydrogen-bond acceptors (Lipinski definition) is 5. The number of aromatic nitrogens is 4. The van der Waals surface area contributed by atoms with Gasteiger partial charge >= 0.3 is 0 Å². The second-order valence-corrected chi connectivity index (χ2v) is 7.44. The summed E-state index contributed by atoms with van der Waals surface area (Å²) in [7, 11) is 0. The number of anilines is 2. The molecule has 1 fully saturated rings. The van der Waals surface area contributed by atoms with Crippen LogP contribution in [0, 0.1) is 6.92 Å². The summed E-state index contributed by atoms with van der Waals surface area (Å²) in [5, 5.41) is 4.50. The molecule has 0 radical (unpaired) electrons. The van der Waals surface area contributed by atoms with E-state index in [9.17, 15) is 0 Å². The molecule has 0 saturated carbocycles. The molecule has 1 aliphatic heterocycles. The molecule has 0 aliphatic carbocycles. The molecule has 146 valence electrons. The Morgan fingerprint density at radius 2 is 1.48 bits per heavy atom. The Morgan fingerprint density at radius 3 is 2.21 bits per heavy atom. The number of rotatable bonds is 4. The first-order valence-electron chi connectivity index (χ1n) is 10.1. The second-order valence-electron chi connectivity index (χ2n) is 7.44. The average molecular weight is 384 g/mol. The van der Waals surface area contributed by atoms with E-state index >= 15 is 0 Å². The summed E-state index contributed by atoms with van der Waals surface area (Å²) in [5.41, 5.74) is 4.81. The van der Waals surface area contributed by atoms with Crippen LogP contribution < -0.4 is 9.80 Å². The number of aryl methyl sites for hydroxylation is 1. The topological polar surface area (TPSA) is 49.6 Å². The zero-order valence-electron chi connectivity index (χ0n) is 16.6. The highest BCUT2D eigenvalue weighted by Gasteiger charge is 2.24. The van der Waals surface area contributed by atoms with Crippen molar-refractivity contribution in [2.24, 2.45) is 0 Å². The monoisotopic (exact) mass is 384 g/mol. The van der Waals surface area contributed by atoms with Crippen molar-refractivity contribution in [1.29, 1.82) is 0 Å². The van der Waals surface area contributed by atoms with Crippen LogP contribution in [0.2, 0.25) is 0 Å². The highest BCUT2D eigenvalue weighted by atomic mass is 15.4. The summed E-state index contributed by atoms with van der Waals surface area (Å²) in [6, 6.07) is 21.2. The lowest BCUT2D eigenvalue weighted by molar-refractivity contribution is 0.635. The lowest BCUT2D eigenvalue weighted by Crippen LogP contribution is -2.47. The first kappa shape index (κ1) is 17.7. The van der Waals surface area contributed by atoms with E-state index in [0.29, 0.717) is 5.78 Å². The zero-order valence-corrected chi connectivity index (χ0v) is 16.6. The van der Waals surface area contributed by atoms with Gasteiger partial charge in [0.1, 0.15) is 12.1 Å². The highest BCUT2D eigenvalue weighted by Crippen LogP contribution is 2.28. The largest absolute Gasteiger partial charge is 0.368 e. The standard InChI is InChI=1S/C23H24N6/c1-18-21(16-19-8-4-2-5-9-19)22(29-23(26-18)24-17-25-29)28-14-12-27(13-15-28)20-10-6-3-7-11-20/h2-11,17H,12-16H2,1H3. The summed E-state index contributed by atoms with van der Waals surface area (Å²) in [6.07, 6.45) is 2.43. The summed E-state index contributed by atoms with van der Waals surface area (Å²) < 4.78 is 1.91. The normalized spacial score (nSPS) is 14.5. The maximum atomic E-state index is 4.70. The molecule has 0 N–H and O–H groups in total. The minimum absolute atomic E-state index is 0.666. The third kappa shape index (κ3) is 3.42. The number of para-hydroxylation sites is 1. The quantitative estimate of drug-likeness (QED) is 0.540. The average Bonchev–Trinajstić information content (AvgIpc) is 3.23. The van der Waals surface area contributed by atoms with Crippen LogP contribution >= 0.6 is 0 Å². The highest BCUT2D eigenvalue weighted by molar-refractivity contribution is 5.58. The van der Waals surface area contributed by atoms with Crippen LogP contribution in [0.1, 0.15) is 16.8 Å². The van der Waals surface area contributed by atoms with E-state index in [-0.39, 0.29) is 0 Å². The summed E-state index contributed by atoms with van der Waals surface area (Å²) in [5.74, 6) is 1.79. The molecule has 0 amide bonds. The van der Waals surface area contributed by atoms with Gasteiger partial charge in [0.25, 0.3) is 5.78 Å². The minimum Gasteiger partial charge on any atom is -0.368 e. The van der Waals surface area contributed by atoms with Crippen molar-refractivity contribution >= 4 is 17.3 Å². The van der Waals surface area contributed by atoms with Gasteiger partial charge in [-0.25, -0.2) is 4.98 Å². The molecule has 1 aliphatic rings. The van der Waals surface area contributed by atoms with Gasteiger partial charge in [0.15, 0.2) is 0 Å². The second kappa shape index (κ2) is 7.54. The lowest BCUT2D eigenvalue weighted by atomic mass is 10.0. The molecule has 3 heterocycles. The zero-order chi connectivity index (χ0) is 19.6. The van der Waals surface area contributed by atoms with Crippen LogP contribution in [0.5, 0.6) is 0 Å². The van der Waals surface area contributed by atoms with Crippen LogP contribution in [0.15, 0.2) is 67.0 Å². The number of fused-ring (bicyclic) bond motifs is 1. The van der Waals surface area contributed by atoms with Crippen LogP contribution in [0.4, 0.5) is 11.5 Å². The van der Waals surface area contributed by atoms with E-state index < -0.39 is 0 Å². The third-order valence-electron chi connectivity index (χ3n) is 5.63. The molecule has 0 spiro atoms. The molecular weight excluding hydrogens is 360 g/mol. The molecular formula is C23H24N6. The van der Waals surface area contributed by atoms with E-state index in [4.69, 9.17) is 4.98 Å². The molecule has 0 bridgehead atoms. The number of nitrogens with zero attached hydrogens (tertiary/aromatic N) is 6. The fourth-order valence-corrected chi connectivity index (χ4v) is 4.12. The molecule has 29 heavy (non-hydrogen) atoms. The van der Waals surface area contributed by atoms with Gasteiger partial charge < -0.3 is 9.80 Å². The van der Waals surface area contributed by atoms with Gasteiger partial charge in [-0.2, -0.15) is 14.6 Å². The first-order chi connectivity index (χ1) is 14.3. The van der Waals surface area contributed by atoms with Crippen molar-refractivity contribution in [3.63, 3.8) is 0 Å². The summed E-state index contributed by atoms with van der Waals surface area (Å²) >= 11 is 0. The molecule has 6 nitrogen and oxygen atoms in total. The van der Waals surface area contributed by atoms with Crippen molar-refractivity contribution in [2.45, 2.75) is 13.3 Å². The lowest BCUT2D eigenvalue weighted by Gasteiger charge is -2.38. The minimum atomic E-state index is 0.666. The molecule has 5 rings (SSSR count). The Hall–Kier alpha value is -3.41. The molecule has 2 aromatic heterocycles. The summed E-state index contributed by atoms with van der Waals surface area (Å²) in [4.78, 5) is 13.9. The van der Waals surface area contributed by atoms with E-state index in [0.717, 1.165) is 44.1 Å². The van der Waals surface area contributed by atoms with Gasteiger partial charge in [-0.15, -0.1) is 0 Å². The summed E-state index contributed by atoms with van der Waals surface area (Å²) in [6.45, 7) is 5.92. The predicted octanol–water partition coefficient (Wildman–Crippen LogP) is 3.35. The molecule has 4 aromatic rings. The predicted molar refractivity (Wildman–Crippen MR) is 116 cm³/mol. The van der Waals surface area contributed by atoms with E-state index in [1.54, 1.807) is 6.33 Å². The Morgan fingerprint density at radius 1 is 0.828 bits per heavy atom. The maximum absolute atomic E-state index is 4.70. The Bertz CT molecular complexity index is 1100. The van der Waals surface area contributed by atoms with Crippen molar-refractivity contribution < 1.29 is 0 Å². The van der Waals surface area contributed by atoms with Gasteiger partial charge in [0.2, 0.25) is 0 Å². The third-order valence-corrected chi connectivity index (χ3v) is 5.63. The molecule has 2 aromatic carbocycles. The molecule has 0 atom stereocenters. The Kier molecular flexibility index (Phi) is 4.60. The van der Waals surface area contributed by atoms with Crippen LogP contribution in [0.25, 0.3) is 5.78 Å². The van der Waals surface area contributed by atoms with Crippen molar-refractivity contribution in [3.05, 3.63) is 83.8 Å². The first-order valence-corrected chi connectivity index (χ1v) is 10.1. The molecule has 0 unspecified atom stereocenters. The maximum Gasteiger partial charge on any atom is 0.254 e. The van der Waals surface area contributed by atoms with Gasteiger partial charge in [0, 0.05) is 49.5 Å². The Labute approximate surface area is 170 Å². The fourth-order valence-electron chi connectivity index (χ4n) is 4.12. The smallest absolute Gasteiger partial charge is 0.254 e. The van der Waals surface area contributed by atoms with E-state index in [1.807, 2.05) is 4.52 Å². The van der Waals surface area contributed by atoms with Gasteiger partial charge in [0.05, 0.1) is 0 Å². The molecule has 6 heteroatoms. The van der Waals surface area contributed by atoms with Crippen molar-refractivity contribution in [2.75, 3.05) is 36.0 Å². The number of piperazine rings is 1. The molecule has 1 saturated heterocycles. The number of hydrogen-bond donors (Lipinski definition) is 0.